The SMILES string of the molecule is COc1ccc(CCC(=O)N2CCN(c3ccccc3)CC2)cc1. The van der Waals surface area contributed by atoms with E-state index in [1.54, 1.807) is 7.11 Å². The fourth-order valence-corrected chi connectivity index (χ4v) is 3.05. The highest BCUT2D eigenvalue weighted by molar-refractivity contribution is 5.76. The van der Waals surface area contributed by atoms with E-state index in [1.807, 2.05) is 35.2 Å². The predicted molar refractivity (Wildman–Crippen MR) is 96.6 cm³/mol. The van der Waals surface area contributed by atoms with Crippen LogP contribution in [0.15, 0.2) is 54.6 Å². The summed E-state index contributed by atoms with van der Waals surface area (Å²) in [5.74, 6) is 1.10. The van der Waals surface area contributed by atoms with Crippen molar-refractivity contribution in [3.05, 3.63) is 60.2 Å². The largest absolute Gasteiger partial charge is 0.497 e. The molecule has 3 rings (SSSR count). The van der Waals surface area contributed by atoms with Crippen LogP contribution in [-0.4, -0.2) is 44.1 Å². The van der Waals surface area contributed by atoms with E-state index in [9.17, 15) is 4.79 Å². The molecule has 0 spiro atoms. The van der Waals surface area contributed by atoms with Gasteiger partial charge in [-0.15, -0.1) is 0 Å². The number of anilines is 1. The van der Waals surface area contributed by atoms with Crippen molar-refractivity contribution in [3.8, 4) is 5.75 Å². The number of benzene rings is 2. The van der Waals surface area contributed by atoms with Gasteiger partial charge in [-0.3, -0.25) is 4.79 Å². The van der Waals surface area contributed by atoms with Crippen molar-refractivity contribution < 1.29 is 9.53 Å². The second-order valence-electron chi connectivity index (χ2n) is 6.05. The first kappa shape index (κ1) is 16.4. The van der Waals surface area contributed by atoms with Gasteiger partial charge in [-0.05, 0) is 36.2 Å². The first-order valence-electron chi connectivity index (χ1n) is 8.47. The molecule has 0 bridgehead atoms. The monoisotopic (exact) mass is 324 g/mol. The van der Waals surface area contributed by atoms with Crippen LogP contribution >= 0.6 is 0 Å². The third kappa shape index (κ3) is 4.07. The number of piperazine rings is 1. The lowest BCUT2D eigenvalue weighted by molar-refractivity contribution is -0.131. The number of methoxy groups -OCH3 is 1. The summed E-state index contributed by atoms with van der Waals surface area (Å²) < 4.78 is 5.16. The molecule has 1 fully saturated rings. The van der Waals surface area contributed by atoms with Crippen LogP contribution in [0.2, 0.25) is 0 Å². The highest BCUT2D eigenvalue weighted by Gasteiger charge is 2.20. The Kier molecular flexibility index (Phi) is 5.36. The van der Waals surface area contributed by atoms with Crippen molar-refractivity contribution in [1.82, 2.24) is 4.90 Å². The van der Waals surface area contributed by atoms with Crippen LogP contribution in [0.1, 0.15) is 12.0 Å². The Labute approximate surface area is 143 Å². The Morgan fingerprint density at radius 3 is 2.25 bits per heavy atom. The van der Waals surface area contributed by atoms with Crippen LogP contribution in [0.4, 0.5) is 5.69 Å². The summed E-state index contributed by atoms with van der Waals surface area (Å²) in [4.78, 5) is 16.8. The molecule has 0 aliphatic carbocycles. The van der Waals surface area contributed by atoms with Gasteiger partial charge in [0.05, 0.1) is 7.11 Å². The first-order valence-corrected chi connectivity index (χ1v) is 8.47. The second kappa shape index (κ2) is 7.86. The summed E-state index contributed by atoms with van der Waals surface area (Å²) in [6, 6.07) is 18.3. The Balaban J connectivity index is 1.46. The van der Waals surface area contributed by atoms with Gasteiger partial charge in [0.15, 0.2) is 0 Å². The lowest BCUT2D eigenvalue weighted by atomic mass is 10.1. The molecule has 1 aliphatic rings. The molecule has 0 saturated carbocycles. The van der Waals surface area contributed by atoms with Crippen molar-refractivity contribution in [2.75, 3.05) is 38.2 Å². The summed E-state index contributed by atoms with van der Waals surface area (Å²) in [5.41, 5.74) is 2.41. The molecule has 1 aliphatic heterocycles. The summed E-state index contributed by atoms with van der Waals surface area (Å²) in [7, 11) is 1.66. The average molecular weight is 324 g/mol. The summed E-state index contributed by atoms with van der Waals surface area (Å²) >= 11 is 0. The molecule has 1 saturated heterocycles. The Bertz CT molecular complexity index is 647. The molecule has 0 radical (unpaired) electrons. The van der Waals surface area contributed by atoms with E-state index in [2.05, 4.69) is 29.2 Å². The molecular weight excluding hydrogens is 300 g/mol. The number of aryl methyl sites for hydroxylation is 1. The van der Waals surface area contributed by atoms with E-state index in [0.717, 1.165) is 38.3 Å². The van der Waals surface area contributed by atoms with Gasteiger partial charge in [0, 0.05) is 38.3 Å². The normalized spacial score (nSPS) is 14.5. The molecule has 0 unspecified atom stereocenters. The Morgan fingerprint density at radius 2 is 1.62 bits per heavy atom. The Morgan fingerprint density at radius 1 is 0.958 bits per heavy atom. The van der Waals surface area contributed by atoms with Gasteiger partial charge in [0.1, 0.15) is 5.75 Å². The average Bonchev–Trinajstić information content (AvgIpc) is 2.67. The standard InChI is InChI=1S/C20H24N2O2/c1-24-19-10-7-17(8-11-19)9-12-20(23)22-15-13-21(14-16-22)18-5-3-2-4-6-18/h2-8,10-11H,9,12-16H2,1H3. The van der Waals surface area contributed by atoms with E-state index in [4.69, 9.17) is 4.74 Å². The number of carbonyl (C=O) groups is 1. The number of rotatable bonds is 5. The summed E-state index contributed by atoms with van der Waals surface area (Å²) in [6.07, 6.45) is 1.35. The fourth-order valence-electron chi connectivity index (χ4n) is 3.05. The number of para-hydroxylation sites is 1. The zero-order valence-electron chi connectivity index (χ0n) is 14.1. The van der Waals surface area contributed by atoms with E-state index in [1.165, 1.54) is 11.3 Å². The Hall–Kier alpha value is -2.49. The molecule has 2 aromatic carbocycles. The van der Waals surface area contributed by atoms with Crippen LogP contribution in [0, 0.1) is 0 Å². The van der Waals surface area contributed by atoms with Crippen LogP contribution in [0.5, 0.6) is 5.75 Å². The van der Waals surface area contributed by atoms with Crippen LogP contribution in [0.3, 0.4) is 0 Å². The molecule has 4 nitrogen and oxygen atoms in total. The van der Waals surface area contributed by atoms with Gasteiger partial charge in [0.2, 0.25) is 5.91 Å². The topological polar surface area (TPSA) is 32.8 Å². The lowest BCUT2D eigenvalue weighted by Crippen LogP contribution is -2.48. The zero-order chi connectivity index (χ0) is 16.8. The summed E-state index contributed by atoms with van der Waals surface area (Å²) in [5, 5.41) is 0. The molecule has 24 heavy (non-hydrogen) atoms. The minimum atomic E-state index is 0.249. The predicted octanol–water partition coefficient (Wildman–Crippen LogP) is 2.98. The van der Waals surface area contributed by atoms with Crippen molar-refractivity contribution in [3.63, 3.8) is 0 Å². The van der Waals surface area contributed by atoms with E-state index >= 15 is 0 Å². The van der Waals surface area contributed by atoms with Crippen molar-refractivity contribution in [2.45, 2.75) is 12.8 Å². The van der Waals surface area contributed by atoms with Crippen molar-refractivity contribution >= 4 is 11.6 Å². The minimum absolute atomic E-state index is 0.249. The van der Waals surface area contributed by atoms with Gasteiger partial charge in [-0.25, -0.2) is 0 Å². The number of hydrogen-bond donors (Lipinski definition) is 0. The molecule has 4 heteroatoms. The van der Waals surface area contributed by atoms with Gasteiger partial charge in [-0.1, -0.05) is 30.3 Å². The number of hydrogen-bond acceptors (Lipinski definition) is 3. The van der Waals surface area contributed by atoms with Crippen molar-refractivity contribution in [1.29, 1.82) is 0 Å². The number of ether oxygens (including phenoxy) is 1. The minimum Gasteiger partial charge on any atom is -0.497 e. The van der Waals surface area contributed by atoms with Gasteiger partial charge in [-0.2, -0.15) is 0 Å². The maximum Gasteiger partial charge on any atom is 0.223 e. The number of amides is 1. The highest BCUT2D eigenvalue weighted by atomic mass is 16.5. The molecule has 2 aromatic rings. The van der Waals surface area contributed by atoms with E-state index in [-0.39, 0.29) is 5.91 Å². The molecule has 1 heterocycles. The third-order valence-electron chi connectivity index (χ3n) is 4.54. The lowest BCUT2D eigenvalue weighted by Gasteiger charge is -2.36. The number of carbonyl (C=O) groups excluding carboxylic acids is 1. The first-order chi connectivity index (χ1) is 11.8. The smallest absolute Gasteiger partial charge is 0.223 e. The van der Waals surface area contributed by atoms with E-state index < -0.39 is 0 Å². The van der Waals surface area contributed by atoms with Crippen LogP contribution < -0.4 is 9.64 Å². The van der Waals surface area contributed by atoms with Gasteiger partial charge >= 0.3 is 0 Å². The van der Waals surface area contributed by atoms with Crippen LogP contribution in [0.25, 0.3) is 0 Å². The van der Waals surface area contributed by atoms with Gasteiger partial charge < -0.3 is 14.5 Å². The molecule has 0 atom stereocenters. The maximum absolute atomic E-state index is 12.4. The zero-order valence-corrected chi connectivity index (χ0v) is 14.1. The fraction of sp³-hybridized carbons (Fsp3) is 0.350. The molecule has 126 valence electrons. The van der Waals surface area contributed by atoms with E-state index in [0.29, 0.717) is 6.42 Å². The molecule has 0 aromatic heterocycles. The maximum atomic E-state index is 12.4. The molecule has 0 N–H and O–H groups in total. The number of nitrogens with zero attached hydrogens (tertiary/aromatic N) is 2. The molecule has 1 amide bonds. The second-order valence-corrected chi connectivity index (χ2v) is 6.05. The molecular formula is C20H24N2O2. The highest BCUT2D eigenvalue weighted by Crippen LogP contribution is 2.17. The van der Waals surface area contributed by atoms with Crippen molar-refractivity contribution in [2.24, 2.45) is 0 Å². The van der Waals surface area contributed by atoms with Crippen LogP contribution in [-0.2, 0) is 11.2 Å². The van der Waals surface area contributed by atoms with Gasteiger partial charge in [0.25, 0.3) is 0 Å². The summed E-state index contributed by atoms with van der Waals surface area (Å²) in [6.45, 7) is 3.41. The third-order valence-corrected chi connectivity index (χ3v) is 4.54. The quantitative estimate of drug-likeness (QED) is 0.848.